The van der Waals surface area contributed by atoms with Gasteiger partial charge in [-0.25, -0.2) is 0 Å². The van der Waals surface area contributed by atoms with Crippen LogP contribution in [0.15, 0.2) is 47.1 Å². The van der Waals surface area contributed by atoms with Crippen LogP contribution in [0.5, 0.6) is 0 Å². The van der Waals surface area contributed by atoms with Crippen LogP contribution in [0.25, 0.3) is 0 Å². The Morgan fingerprint density at radius 1 is 1.20 bits per heavy atom. The van der Waals surface area contributed by atoms with Crippen LogP contribution in [0.2, 0.25) is 0 Å². The number of rotatable bonds is 4. The topological polar surface area (TPSA) is 51.2 Å². The number of nitrogens with one attached hydrogen (secondary N) is 1. The molecule has 0 radical (unpaired) electrons. The molecule has 0 bridgehead atoms. The second-order valence-corrected chi connectivity index (χ2v) is 3.34. The van der Waals surface area contributed by atoms with Gasteiger partial charge in [0.05, 0.1) is 12.8 Å². The highest BCUT2D eigenvalue weighted by molar-refractivity contribution is 5.45. The average Bonchev–Trinajstić information content (AvgIpc) is 2.79. The monoisotopic (exact) mass is 202 g/mol. The maximum absolute atomic E-state index is 5.56. The summed E-state index contributed by atoms with van der Waals surface area (Å²) in [6.45, 7) is 1.26. The van der Waals surface area contributed by atoms with Gasteiger partial charge in [-0.1, -0.05) is 12.1 Å². The zero-order chi connectivity index (χ0) is 10.5. The SMILES string of the molecule is NCc1cccc(NCc2ccco2)c1. The Bertz CT molecular complexity index is 409. The van der Waals surface area contributed by atoms with Gasteiger partial charge in [0.25, 0.3) is 0 Å². The first kappa shape index (κ1) is 9.80. The molecule has 0 saturated heterocycles. The summed E-state index contributed by atoms with van der Waals surface area (Å²) in [5.41, 5.74) is 7.75. The summed E-state index contributed by atoms with van der Waals surface area (Å²) in [6.07, 6.45) is 1.67. The van der Waals surface area contributed by atoms with Gasteiger partial charge in [-0.2, -0.15) is 0 Å². The quantitative estimate of drug-likeness (QED) is 0.800. The normalized spacial score (nSPS) is 10.2. The molecule has 0 amide bonds. The highest BCUT2D eigenvalue weighted by atomic mass is 16.3. The van der Waals surface area contributed by atoms with Crippen molar-refractivity contribution in [3.05, 3.63) is 54.0 Å². The molecule has 0 atom stereocenters. The third-order valence-corrected chi connectivity index (χ3v) is 2.21. The molecule has 15 heavy (non-hydrogen) atoms. The summed E-state index contributed by atoms with van der Waals surface area (Å²) < 4.78 is 5.22. The summed E-state index contributed by atoms with van der Waals surface area (Å²) in [4.78, 5) is 0. The van der Waals surface area contributed by atoms with Gasteiger partial charge in [0, 0.05) is 12.2 Å². The van der Waals surface area contributed by atoms with Crippen molar-refractivity contribution in [2.75, 3.05) is 5.32 Å². The van der Waals surface area contributed by atoms with Crippen molar-refractivity contribution in [2.45, 2.75) is 13.1 Å². The number of hydrogen-bond donors (Lipinski definition) is 2. The zero-order valence-corrected chi connectivity index (χ0v) is 8.44. The summed E-state index contributed by atoms with van der Waals surface area (Å²) in [5.74, 6) is 0.924. The van der Waals surface area contributed by atoms with Crippen LogP contribution < -0.4 is 11.1 Å². The Morgan fingerprint density at radius 3 is 2.87 bits per heavy atom. The molecule has 0 aliphatic heterocycles. The maximum atomic E-state index is 5.56. The Kier molecular flexibility index (Phi) is 3.05. The highest BCUT2D eigenvalue weighted by Crippen LogP contribution is 2.11. The Hall–Kier alpha value is -1.74. The van der Waals surface area contributed by atoms with Gasteiger partial charge in [0.1, 0.15) is 5.76 Å². The third-order valence-electron chi connectivity index (χ3n) is 2.21. The molecule has 1 aromatic carbocycles. The second-order valence-electron chi connectivity index (χ2n) is 3.34. The van der Waals surface area contributed by atoms with E-state index in [-0.39, 0.29) is 0 Å². The predicted octanol–water partition coefficient (Wildman–Crippen LogP) is 2.35. The number of benzene rings is 1. The van der Waals surface area contributed by atoms with Crippen molar-refractivity contribution >= 4 is 5.69 Å². The van der Waals surface area contributed by atoms with E-state index in [1.807, 2.05) is 36.4 Å². The third kappa shape index (κ3) is 2.60. The zero-order valence-electron chi connectivity index (χ0n) is 8.44. The Morgan fingerprint density at radius 2 is 2.13 bits per heavy atom. The lowest BCUT2D eigenvalue weighted by atomic mass is 10.2. The maximum Gasteiger partial charge on any atom is 0.122 e. The van der Waals surface area contributed by atoms with Gasteiger partial charge < -0.3 is 15.5 Å². The molecule has 2 aromatic rings. The van der Waals surface area contributed by atoms with Crippen molar-refractivity contribution in [3.63, 3.8) is 0 Å². The minimum absolute atomic E-state index is 0.566. The average molecular weight is 202 g/mol. The molecule has 0 unspecified atom stereocenters. The largest absolute Gasteiger partial charge is 0.467 e. The number of furan rings is 1. The van der Waals surface area contributed by atoms with Gasteiger partial charge in [-0.05, 0) is 29.8 Å². The molecule has 0 aliphatic carbocycles. The van der Waals surface area contributed by atoms with Crippen LogP contribution in [0.3, 0.4) is 0 Å². The molecular weight excluding hydrogens is 188 g/mol. The molecule has 1 heterocycles. The molecule has 0 spiro atoms. The molecule has 3 N–H and O–H groups in total. The Labute approximate surface area is 88.9 Å². The predicted molar refractivity (Wildman–Crippen MR) is 60.4 cm³/mol. The number of hydrogen-bond acceptors (Lipinski definition) is 3. The lowest BCUT2D eigenvalue weighted by Gasteiger charge is -2.05. The van der Waals surface area contributed by atoms with Crippen LogP contribution >= 0.6 is 0 Å². The second kappa shape index (κ2) is 4.66. The van der Waals surface area contributed by atoms with E-state index in [4.69, 9.17) is 10.2 Å². The minimum Gasteiger partial charge on any atom is -0.467 e. The molecule has 0 fully saturated rings. The van der Waals surface area contributed by atoms with E-state index < -0.39 is 0 Å². The highest BCUT2D eigenvalue weighted by Gasteiger charge is 1.96. The lowest BCUT2D eigenvalue weighted by Crippen LogP contribution is -2.00. The van der Waals surface area contributed by atoms with E-state index >= 15 is 0 Å². The fourth-order valence-electron chi connectivity index (χ4n) is 1.41. The van der Waals surface area contributed by atoms with Crippen molar-refractivity contribution in [2.24, 2.45) is 5.73 Å². The Balaban J connectivity index is 1.98. The first-order valence-corrected chi connectivity index (χ1v) is 4.94. The molecular formula is C12H14N2O. The minimum atomic E-state index is 0.566. The van der Waals surface area contributed by atoms with Crippen molar-refractivity contribution in [1.29, 1.82) is 0 Å². The molecule has 3 heteroatoms. The standard InChI is InChI=1S/C12H14N2O/c13-8-10-3-1-4-11(7-10)14-9-12-5-2-6-15-12/h1-7,14H,8-9,13H2. The van der Waals surface area contributed by atoms with Crippen LogP contribution in [0.1, 0.15) is 11.3 Å². The molecule has 0 saturated carbocycles. The molecule has 3 nitrogen and oxygen atoms in total. The smallest absolute Gasteiger partial charge is 0.122 e. The van der Waals surface area contributed by atoms with E-state index in [0.717, 1.165) is 17.0 Å². The number of anilines is 1. The van der Waals surface area contributed by atoms with Crippen molar-refractivity contribution in [3.8, 4) is 0 Å². The number of nitrogens with two attached hydrogens (primary N) is 1. The van der Waals surface area contributed by atoms with E-state index in [1.165, 1.54) is 0 Å². The fraction of sp³-hybridized carbons (Fsp3) is 0.167. The van der Waals surface area contributed by atoms with Gasteiger partial charge in [-0.3, -0.25) is 0 Å². The fourth-order valence-corrected chi connectivity index (χ4v) is 1.41. The van der Waals surface area contributed by atoms with Crippen LogP contribution in [-0.4, -0.2) is 0 Å². The molecule has 78 valence electrons. The van der Waals surface area contributed by atoms with Crippen LogP contribution in [0, 0.1) is 0 Å². The first-order chi connectivity index (χ1) is 7.38. The van der Waals surface area contributed by atoms with Crippen molar-refractivity contribution < 1.29 is 4.42 Å². The van der Waals surface area contributed by atoms with E-state index in [9.17, 15) is 0 Å². The molecule has 1 aromatic heterocycles. The lowest BCUT2D eigenvalue weighted by molar-refractivity contribution is 0.518. The summed E-state index contributed by atoms with van der Waals surface area (Å²) >= 11 is 0. The van der Waals surface area contributed by atoms with Gasteiger partial charge in [0.2, 0.25) is 0 Å². The van der Waals surface area contributed by atoms with Gasteiger partial charge >= 0.3 is 0 Å². The van der Waals surface area contributed by atoms with E-state index in [2.05, 4.69) is 5.32 Å². The first-order valence-electron chi connectivity index (χ1n) is 4.94. The van der Waals surface area contributed by atoms with Crippen LogP contribution in [-0.2, 0) is 13.1 Å². The molecule has 0 aliphatic rings. The van der Waals surface area contributed by atoms with E-state index in [0.29, 0.717) is 13.1 Å². The summed E-state index contributed by atoms with van der Waals surface area (Å²) in [5, 5.41) is 3.27. The summed E-state index contributed by atoms with van der Waals surface area (Å²) in [6, 6.07) is 11.9. The summed E-state index contributed by atoms with van der Waals surface area (Å²) in [7, 11) is 0. The van der Waals surface area contributed by atoms with Gasteiger partial charge in [0.15, 0.2) is 0 Å². The van der Waals surface area contributed by atoms with Gasteiger partial charge in [-0.15, -0.1) is 0 Å². The van der Waals surface area contributed by atoms with E-state index in [1.54, 1.807) is 6.26 Å². The van der Waals surface area contributed by atoms with Crippen LogP contribution in [0.4, 0.5) is 5.69 Å². The molecule has 2 rings (SSSR count). The van der Waals surface area contributed by atoms with Crippen molar-refractivity contribution in [1.82, 2.24) is 0 Å².